The number of benzene rings is 2. The van der Waals surface area contributed by atoms with E-state index in [-0.39, 0.29) is 4.90 Å². The van der Waals surface area contributed by atoms with E-state index in [0.717, 1.165) is 6.26 Å². The minimum absolute atomic E-state index is 0.195. The van der Waals surface area contributed by atoms with Gasteiger partial charge in [0.2, 0.25) is 6.29 Å². The Morgan fingerprint density at radius 1 is 1.07 bits per heavy atom. The highest BCUT2D eigenvalue weighted by Crippen LogP contribution is 2.35. The van der Waals surface area contributed by atoms with Crippen LogP contribution in [0, 0.1) is 5.92 Å². The second-order valence-corrected chi connectivity index (χ2v) is 9.00. The summed E-state index contributed by atoms with van der Waals surface area (Å²) in [5, 5.41) is 29.6. The van der Waals surface area contributed by atoms with Gasteiger partial charge in [-0.3, -0.25) is 0 Å². The van der Waals surface area contributed by atoms with E-state index in [0.29, 0.717) is 16.9 Å². The number of aliphatic hydroxyl groups is 3. The van der Waals surface area contributed by atoms with E-state index in [4.69, 9.17) is 9.47 Å². The maximum Gasteiger partial charge on any atom is 0.205 e. The van der Waals surface area contributed by atoms with Crippen LogP contribution in [0.4, 0.5) is 0 Å². The van der Waals surface area contributed by atoms with E-state index in [1.807, 2.05) is 0 Å². The summed E-state index contributed by atoms with van der Waals surface area (Å²) in [6.07, 6.45) is -3.03. The summed E-state index contributed by atoms with van der Waals surface area (Å²) in [7, 11) is -3.36. The fraction of sp³-hybridized carbons (Fsp3) is 0.400. The zero-order chi connectivity index (χ0) is 20.5. The zero-order valence-electron chi connectivity index (χ0n) is 15.6. The van der Waals surface area contributed by atoms with Crippen LogP contribution in [0.15, 0.2) is 53.4 Å². The molecule has 1 aliphatic heterocycles. The summed E-state index contributed by atoms with van der Waals surface area (Å²) < 4.78 is 35.3. The molecule has 1 saturated heterocycles. The molecule has 28 heavy (non-hydrogen) atoms. The average Bonchev–Trinajstić information content (AvgIpc) is 2.68. The first kappa shape index (κ1) is 20.8. The number of sulfone groups is 1. The third kappa shape index (κ3) is 4.21. The first-order chi connectivity index (χ1) is 13.2. The lowest BCUT2D eigenvalue weighted by Crippen LogP contribution is -2.56. The smallest absolute Gasteiger partial charge is 0.205 e. The Hall–Kier alpha value is -1.97. The number of ether oxygens (including phenoxy) is 2. The molecule has 7 nitrogen and oxygen atoms in total. The largest absolute Gasteiger partial charge is 0.464 e. The van der Waals surface area contributed by atoms with Crippen molar-refractivity contribution in [2.45, 2.75) is 36.4 Å². The maximum atomic E-state index is 11.9. The van der Waals surface area contributed by atoms with Gasteiger partial charge in [0.25, 0.3) is 0 Å². The van der Waals surface area contributed by atoms with Crippen LogP contribution in [-0.4, -0.2) is 61.2 Å². The molecular weight excluding hydrogens is 384 g/mol. The predicted octanol–water partition coefficient (Wildman–Crippen LogP) is 1.21. The van der Waals surface area contributed by atoms with Gasteiger partial charge in [-0.2, -0.15) is 0 Å². The summed E-state index contributed by atoms with van der Waals surface area (Å²) in [4.78, 5) is 0.195. The molecule has 3 rings (SSSR count). The van der Waals surface area contributed by atoms with Crippen LogP contribution in [0.2, 0.25) is 0 Å². The van der Waals surface area contributed by atoms with Gasteiger partial charge in [-0.15, -0.1) is 0 Å². The van der Waals surface area contributed by atoms with E-state index in [1.54, 1.807) is 49.4 Å². The highest BCUT2D eigenvalue weighted by atomic mass is 32.2. The number of hydrogen-bond donors (Lipinski definition) is 3. The Balaban J connectivity index is 1.93. The fourth-order valence-corrected chi connectivity index (χ4v) is 3.85. The van der Waals surface area contributed by atoms with Crippen LogP contribution in [-0.2, 0) is 14.6 Å². The van der Waals surface area contributed by atoms with Gasteiger partial charge in [0.05, 0.1) is 17.6 Å². The van der Waals surface area contributed by atoms with Crippen molar-refractivity contribution in [3.05, 3.63) is 48.5 Å². The molecule has 152 valence electrons. The summed E-state index contributed by atoms with van der Waals surface area (Å²) in [6.45, 7) is 1.22. The quantitative estimate of drug-likeness (QED) is 0.681. The van der Waals surface area contributed by atoms with Gasteiger partial charge in [0, 0.05) is 17.7 Å². The SMILES string of the molecule is CC1[C@H](Oc2ccccc2-c2cccc(S(C)(=O)=O)c2)OC(CO)[C@H](O)[C@@H]1O. The predicted molar refractivity (Wildman–Crippen MR) is 103 cm³/mol. The van der Waals surface area contributed by atoms with Gasteiger partial charge >= 0.3 is 0 Å². The first-order valence-corrected chi connectivity index (χ1v) is 10.8. The van der Waals surface area contributed by atoms with Crippen LogP contribution in [0.3, 0.4) is 0 Å². The molecular formula is C20H24O7S. The van der Waals surface area contributed by atoms with Crippen molar-refractivity contribution in [2.24, 2.45) is 5.92 Å². The topological polar surface area (TPSA) is 113 Å². The first-order valence-electron chi connectivity index (χ1n) is 8.91. The minimum Gasteiger partial charge on any atom is -0.464 e. The second-order valence-electron chi connectivity index (χ2n) is 6.98. The standard InChI is InChI=1S/C20H24O7S/c1-12-18(22)19(23)17(11-21)27-20(12)26-16-9-4-3-8-15(16)13-6-5-7-14(10-13)28(2,24)25/h3-10,12,17-23H,11H2,1-2H3/t12?,17?,18-,19+,20-/m1/s1. The molecule has 0 spiro atoms. The lowest BCUT2D eigenvalue weighted by Gasteiger charge is -2.40. The van der Waals surface area contributed by atoms with Crippen molar-refractivity contribution in [1.29, 1.82) is 0 Å². The minimum atomic E-state index is -3.36. The molecule has 0 aromatic heterocycles. The fourth-order valence-electron chi connectivity index (χ4n) is 3.18. The van der Waals surface area contributed by atoms with Crippen molar-refractivity contribution in [3.63, 3.8) is 0 Å². The van der Waals surface area contributed by atoms with Gasteiger partial charge in [-0.25, -0.2) is 8.42 Å². The van der Waals surface area contributed by atoms with E-state index in [2.05, 4.69) is 0 Å². The van der Waals surface area contributed by atoms with Crippen LogP contribution in [0.5, 0.6) is 5.75 Å². The molecule has 1 aliphatic rings. The summed E-state index contributed by atoms with van der Waals surface area (Å²) in [6, 6.07) is 13.6. The second kappa shape index (κ2) is 8.18. The molecule has 0 aliphatic carbocycles. The third-order valence-corrected chi connectivity index (χ3v) is 6.00. The maximum absolute atomic E-state index is 11.9. The third-order valence-electron chi connectivity index (χ3n) is 4.89. The van der Waals surface area contributed by atoms with Gasteiger partial charge < -0.3 is 24.8 Å². The summed E-state index contributed by atoms with van der Waals surface area (Å²) >= 11 is 0. The Morgan fingerprint density at radius 3 is 2.46 bits per heavy atom. The Bertz CT molecular complexity index is 926. The molecule has 8 heteroatoms. The normalized spacial score (nSPS) is 28.1. The molecule has 1 heterocycles. The molecule has 5 atom stereocenters. The molecule has 2 aromatic rings. The van der Waals surface area contributed by atoms with Crippen LogP contribution >= 0.6 is 0 Å². The van der Waals surface area contributed by atoms with Gasteiger partial charge in [0.15, 0.2) is 9.84 Å². The Morgan fingerprint density at radius 2 is 1.79 bits per heavy atom. The lowest BCUT2D eigenvalue weighted by molar-refractivity contribution is -0.256. The highest BCUT2D eigenvalue weighted by molar-refractivity contribution is 7.90. The van der Waals surface area contributed by atoms with E-state index in [1.165, 1.54) is 6.07 Å². The number of aliphatic hydroxyl groups excluding tert-OH is 3. The van der Waals surface area contributed by atoms with Gasteiger partial charge in [0.1, 0.15) is 18.0 Å². The summed E-state index contributed by atoms with van der Waals surface area (Å²) in [5.41, 5.74) is 1.31. The van der Waals surface area contributed by atoms with Crippen molar-refractivity contribution >= 4 is 9.84 Å². The van der Waals surface area contributed by atoms with Crippen LogP contribution < -0.4 is 4.74 Å². The van der Waals surface area contributed by atoms with E-state index >= 15 is 0 Å². The van der Waals surface area contributed by atoms with Crippen molar-refractivity contribution in [3.8, 4) is 16.9 Å². The van der Waals surface area contributed by atoms with Gasteiger partial charge in [-0.05, 0) is 23.8 Å². The monoisotopic (exact) mass is 408 g/mol. The molecule has 1 fully saturated rings. The number of hydrogen-bond acceptors (Lipinski definition) is 7. The van der Waals surface area contributed by atoms with Crippen molar-refractivity contribution < 1.29 is 33.2 Å². The molecule has 3 N–H and O–H groups in total. The Labute approximate surface area is 164 Å². The molecule has 0 saturated carbocycles. The molecule has 2 unspecified atom stereocenters. The van der Waals surface area contributed by atoms with E-state index in [9.17, 15) is 23.7 Å². The molecule has 2 aromatic carbocycles. The van der Waals surface area contributed by atoms with Crippen LogP contribution in [0.1, 0.15) is 6.92 Å². The summed E-state index contributed by atoms with van der Waals surface area (Å²) in [5.74, 6) is -0.113. The zero-order valence-corrected chi connectivity index (χ0v) is 16.4. The molecule has 0 amide bonds. The van der Waals surface area contributed by atoms with Crippen molar-refractivity contribution in [2.75, 3.05) is 12.9 Å². The average molecular weight is 408 g/mol. The molecule has 0 bridgehead atoms. The van der Waals surface area contributed by atoms with E-state index < -0.39 is 47.0 Å². The number of para-hydroxylation sites is 1. The lowest BCUT2D eigenvalue weighted by atomic mass is 9.92. The van der Waals surface area contributed by atoms with Gasteiger partial charge in [-0.1, -0.05) is 37.3 Å². The highest BCUT2D eigenvalue weighted by Gasteiger charge is 2.43. The van der Waals surface area contributed by atoms with Crippen molar-refractivity contribution in [1.82, 2.24) is 0 Å². The van der Waals surface area contributed by atoms with Crippen LogP contribution in [0.25, 0.3) is 11.1 Å². The Kier molecular flexibility index (Phi) is 6.07. The molecule has 0 radical (unpaired) electrons. The number of rotatable bonds is 5.